The molecule has 0 saturated carbocycles. The van der Waals surface area contributed by atoms with Gasteiger partial charge < -0.3 is 10.5 Å². The summed E-state index contributed by atoms with van der Waals surface area (Å²) >= 11 is 1.69. The number of nitrogen functional groups attached to an aromatic ring is 1. The average molecular weight is 249 g/mol. The molecule has 2 aromatic heterocycles. The Morgan fingerprint density at radius 2 is 2.47 bits per heavy atom. The number of aromatic nitrogens is 2. The molecule has 90 valence electrons. The number of ether oxygens (including phenoxy) is 1. The highest BCUT2D eigenvalue weighted by atomic mass is 32.1. The number of H-pyrrole nitrogens is 1. The van der Waals surface area contributed by atoms with Crippen LogP contribution in [-0.2, 0) is 4.74 Å². The van der Waals surface area contributed by atoms with Crippen molar-refractivity contribution in [3.8, 4) is 10.4 Å². The van der Waals surface area contributed by atoms with Crippen LogP contribution in [-0.4, -0.2) is 23.4 Å². The van der Waals surface area contributed by atoms with Crippen molar-refractivity contribution in [1.29, 1.82) is 0 Å². The van der Waals surface area contributed by atoms with Crippen molar-refractivity contribution >= 4 is 17.2 Å². The molecular formula is C12H15N3OS. The number of thiophene rings is 1. The van der Waals surface area contributed by atoms with Crippen LogP contribution in [0.15, 0.2) is 17.5 Å². The highest BCUT2D eigenvalue weighted by Gasteiger charge is 2.24. The molecular weight excluding hydrogens is 234 g/mol. The summed E-state index contributed by atoms with van der Waals surface area (Å²) in [4.78, 5) is 1.18. The van der Waals surface area contributed by atoms with Crippen LogP contribution < -0.4 is 5.73 Å². The maximum absolute atomic E-state index is 5.96. The van der Waals surface area contributed by atoms with Gasteiger partial charge in [-0.1, -0.05) is 6.07 Å². The minimum atomic E-state index is 0.394. The second-order valence-corrected chi connectivity index (χ2v) is 5.24. The molecule has 3 rings (SSSR count). The largest absolute Gasteiger partial charge is 0.382 e. The smallest absolute Gasteiger partial charge is 0.154 e. The topological polar surface area (TPSA) is 63.9 Å². The zero-order chi connectivity index (χ0) is 11.7. The van der Waals surface area contributed by atoms with Crippen LogP contribution in [0.1, 0.15) is 24.5 Å². The van der Waals surface area contributed by atoms with E-state index < -0.39 is 0 Å². The molecule has 0 spiro atoms. The molecule has 0 aliphatic carbocycles. The van der Waals surface area contributed by atoms with Gasteiger partial charge in [-0.25, -0.2) is 0 Å². The van der Waals surface area contributed by atoms with Gasteiger partial charge in [0, 0.05) is 17.4 Å². The van der Waals surface area contributed by atoms with E-state index in [-0.39, 0.29) is 0 Å². The number of hydrogen-bond donors (Lipinski definition) is 2. The zero-order valence-corrected chi connectivity index (χ0v) is 10.3. The number of anilines is 1. The maximum Gasteiger partial charge on any atom is 0.154 e. The van der Waals surface area contributed by atoms with Crippen LogP contribution in [0.25, 0.3) is 10.4 Å². The Hall–Kier alpha value is -1.33. The number of aromatic amines is 1. The summed E-state index contributed by atoms with van der Waals surface area (Å²) in [5, 5.41) is 9.29. The second kappa shape index (κ2) is 4.50. The molecule has 5 heteroatoms. The van der Waals surface area contributed by atoms with Gasteiger partial charge >= 0.3 is 0 Å². The van der Waals surface area contributed by atoms with Gasteiger partial charge in [-0.05, 0) is 24.3 Å². The molecule has 1 fully saturated rings. The molecule has 4 nitrogen and oxygen atoms in total. The predicted molar refractivity (Wildman–Crippen MR) is 69.1 cm³/mol. The third-order valence-electron chi connectivity index (χ3n) is 3.16. The highest BCUT2D eigenvalue weighted by Crippen LogP contribution is 2.37. The van der Waals surface area contributed by atoms with E-state index in [1.165, 1.54) is 4.88 Å². The maximum atomic E-state index is 5.96. The molecule has 17 heavy (non-hydrogen) atoms. The highest BCUT2D eigenvalue weighted by molar-refractivity contribution is 7.13. The average Bonchev–Trinajstić information content (AvgIpc) is 2.99. The van der Waals surface area contributed by atoms with E-state index in [4.69, 9.17) is 10.5 Å². The van der Waals surface area contributed by atoms with Gasteiger partial charge in [0.05, 0.1) is 17.9 Å². The summed E-state index contributed by atoms with van der Waals surface area (Å²) in [6, 6.07) is 4.12. The van der Waals surface area contributed by atoms with Crippen molar-refractivity contribution < 1.29 is 4.74 Å². The van der Waals surface area contributed by atoms with Crippen LogP contribution in [0.4, 0.5) is 5.82 Å². The molecule has 3 N–H and O–H groups in total. The molecule has 0 aromatic carbocycles. The fourth-order valence-corrected chi connectivity index (χ4v) is 3.11. The quantitative estimate of drug-likeness (QED) is 0.860. The predicted octanol–water partition coefficient (Wildman–Crippen LogP) is 2.61. The lowest BCUT2D eigenvalue weighted by atomic mass is 9.95. The van der Waals surface area contributed by atoms with Crippen molar-refractivity contribution in [2.75, 3.05) is 18.9 Å². The summed E-state index contributed by atoms with van der Waals surface area (Å²) in [6.45, 7) is 1.63. The van der Waals surface area contributed by atoms with Gasteiger partial charge in [-0.2, -0.15) is 5.10 Å². The third kappa shape index (κ3) is 1.96. The van der Waals surface area contributed by atoms with Crippen LogP contribution >= 0.6 is 11.3 Å². The van der Waals surface area contributed by atoms with Gasteiger partial charge in [0.1, 0.15) is 0 Å². The van der Waals surface area contributed by atoms with Gasteiger partial charge in [0.25, 0.3) is 0 Å². The van der Waals surface area contributed by atoms with Crippen molar-refractivity contribution in [2.45, 2.75) is 18.8 Å². The van der Waals surface area contributed by atoms with Crippen molar-refractivity contribution in [3.05, 3.63) is 23.2 Å². The van der Waals surface area contributed by atoms with E-state index >= 15 is 0 Å². The SMILES string of the molecule is Nc1n[nH]c(C2CCCOC2)c1-c1cccs1. The van der Waals surface area contributed by atoms with E-state index in [1.807, 2.05) is 6.07 Å². The minimum absolute atomic E-state index is 0.394. The minimum Gasteiger partial charge on any atom is -0.382 e. The molecule has 1 saturated heterocycles. The molecule has 1 aliphatic heterocycles. The number of nitrogens with one attached hydrogen (secondary N) is 1. The van der Waals surface area contributed by atoms with Gasteiger partial charge in [-0.3, -0.25) is 5.10 Å². The fraction of sp³-hybridized carbons (Fsp3) is 0.417. The third-order valence-corrected chi connectivity index (χ3v) is 4.05. The molecule has 1 unspecified atom stereocenters. The summed E-state index contributed by atoms with van der Waals surface area (Å²) < 4.78 is 5.53. The van der Waals surface area contributed by atoms with Gasteiger partial charge in [-0.15, -0.1) is 11.3 Å². The van der Waals surface area contributed by atoms with E-state index in [1.54, 1.807) is 11.3 Å². The van der Waals surface area contributed by atoms with Crippen LogP contribution in [0.5, 0.6) is 0 Å². The molecule has 0 radical (unpaired) electrons. The van der Waals surface area contributed by atoms with E-state index in [2.05, 4.69) is 21.6 Å². The molecule has 0 bridgehead atoms. The molecule has 1 atom stereocenters. The van der Waals surface area contributed by atoms with E-state index in [9.17, 15) is 0 Å². The van der Waals surface area contributed by atoms with Crippen molar-refractivity contribution in [3.63, 3.8) is 0 Å². The second-order valence-electron chi connectivity index (χ2n) is 4.29. The molecule has 3 heterocycles. The van der Waals surface area contributed by atoms with Crippen molar-refractivity contribution in [1.82, 2.24) is 10.2 Å². The monoisotopic (exact) mass is 249 g/mol. The van der Waals surface area contributed by atoms with Gasteiger partial charge in [0.15, 0.2) is 5.82 Å². The Balaban J connectivity index is 1.99. The zero-order valence-electron chi connectivity index (χ0n) is 9.48. The first-order chi connectivity index (χ1) is 8.36. The first-order valence-electron chi connectivity index (χ1n) is 5.81. The fourth-order valence-electron chi connectivity index (χ4n) is 2.31. The molecule has 0 amide bonds. The Bertz CT molecular complexity index is 486. The Morgan fingerprint density at radius 1 is 1.53 bits per heavy atom. The summed E-state index contributed by atoms with van der Waals surface area (Å²) in [5.41, 5.74) is 8.16. The first-order valence-corrected chi connectivity index (χ1v) is 6.69. The summed E-state index contributed by atoms with van der Waals surface area (Å²) in [7, 11) is 0. The number of hydrogen-bond acceptors (Lipinski definition) is 4. The van der Waals surface area contributed by atoms with Crippen LogP contribution in [0.2, 0.25) is 0 Å². The van der Waals surface area contributed by atoms with E-state index in [0.717, 1.165) is 37.3 Å². The Morgan fingerprint density at radius 3 is 3.18 bits per heavy atom. The van der Waals surface area contributed by atoms with Crippen LogP contribution in [0.3, 0.4) is 0 Å². The normalized spacial score (nSPS) is 20.6. The number of nitrogens with zero attached hydrogens (tertiary/aromatic N) is 1. The standard InChI is InChI=1S/C12H15N3OS/c13-12-10(9-4-2-6-17-9)11(14-15-12)8-3-1-5-16-7-8/h2,4,6,8H,1,3,5,7H2,(H3,13,14,15). The van der Waals surface area contributed by atoms with E-state index in [0.29, 0.717) is 11.7 Å². The summed E-state index contributed by atoms with van der Waals surface area (Å²) in [5.74, 6) is 0.985. The lowest BCUT2D eigenvalue weighted by Gasteiger charge is -2.21. The van der Waals surface area contributed by atoms with Crippen molar-refractivity contribution in [2.24, 2.45) is 0 Å². The lowest BCUT2D eigenvalue weighted by molar-refractivity contribution is 0.0794. The number of nitrogens with two attached hydrogens (primary N) is 1. The number of rotatable bonds is 2. The Kier molecular flexibility index (Phi) is 2.86. The molecule has 2 aromatic rings. The summed E-state index contributed by atoms with van der Waals surface area (Å²) in [6.07, 6.45) is 2.24. The van der Waals surface area contributed by atoms with Crippen LogP contribution in [0, 0.1) is 0 Å². The first kappa shape index (κ1) is 10.8. The lowest BCUT2D eigenvalue weighted by Crippen LogP contribution is -2.16. The Labute approximate surface area is 104 Å². The van der Waals surface area contributed by atoms with Gasteiger partial charge in [0.2, 0.25) is 0 Å². The molecule has 1 aliphatic rings.